The highest BCUT2D eigenvalue weighted by Crippen LogP contribution is 2.15. The average Bonchev–Trinajstić information content (AvgIpc) is 3.21. The van der Waals surface area contributed by atoms with Crippen LogP contribution in [0.5, 0.6) is 5.75 Å². The number of carbonyl (C=O) groups is 1. The predicted molar refractivity (Wildman–Crippen MR) is 106 cm³/mol. The Hall–Kier alpha value is -3.29. The Labute approximate surface area is 173 Å². The van der Waals surface area contributed by atoms with E-state index in [2.05, 4.69) is 15.5 Å². The van der Waals surface area contributed by atoms with E-state index in [0.29, 0.717) is 47.9 Å². The minimum absolute atomic E-state index is 0.132. The molecule has 1 N–H and O–H groups in total. The predicted octanol–water partition coefficient (Wildman–Crippen LogP) is 4.24. The summed E-state index contributed by atoms with van der Waals surface area (Å²) in [5.41, 5.74) is 1.18. The molecule has 0 saturated heterocycles. The first kappa shape index (κ1) is 21.4. The van der Waals surface area contributed by atoms with Crippen LogP contribution in [-0.4, -0.2) is 22.1 Å². The molecule has 1 unspecified atom stereocenters. The van der Waals surface area contributed by atoms with Gasteiger partial charge in [0.15, 0.2) is 18.2 Å². The molecule has 3 aromatic rings. The number of hydrogen-bond donors (Lipinski definition) is 1. The van der Waals surface area contributed by atoms with Crippen LogP contribution in [0.4, 0.5) is 8.78 Å². The maximum atomic E-state index is 13.3. The Morgan fingerprint density at radius 1 is 1.17 bits per heavy atom. The Morgan fingerprint density at radius 2 is 1.93 bits per heavy atom. The summed E-state index contributed by atoms with van der Waals surface area (Å²) in [6.45, 7) is 3.96. The fourth-order valence-corrected chi connectivity index (χ4v) is 2.80. The number of amides is 1. The normalized spacial score (nSPS) is 11.9. The number of hydrogen-bond acceptors (Lipinski definition) is 5. The molecule has 0 bridgehead atoms. The molecule has 0 aliphatic carbocycles. The summed E-state index contributed by atoms with van der Waals surface area (Å²) in [4.78, 5) is 16.6. The zero-order valence-corrected chi connectivity index (χ0v) is 16.8. The highest BCUT2D eigenvalue weighted by molar-refractivity contribution is 5.94. The first-order valence-electron chi connectivity index (χ1n) is 9.73. The van der Waals surface area contributed by atoms with Gasteiger partial charge >= 0.3 is 0 Å². The minimum Gasteiger partial charge on any atom is -0.485 e. The molecule has 0 fully saturated rings. The lowest BCUT2D eigenvalue weighted by Crippen LogP contribution is -2.32. The Bertz CT molecular complexity index is 990. The molecule has 3 rings (SSSR count). The van der Waals surface area contributed by atoms with Gasteiger partial charge in [0.2, 0.25) is 11.7 Å². The zero-order chi connectivity index (χ0) is 21.5. The number of nitrogens with one attached hydrogen (secondary N) is 1. The fraction of sp³-hybridized carbons (Fsp3) is 0.318. The highest BCUT2D eigenvalue weighted by Gasteiger charge is 2.11. The lowest BCUT2D eigenvalue weighted by Gasteiger charge is -2.14. The number of aryl methyl sites for hydroxylation is 2. The third-order valence-electron chi connectivity index (χ3n) is 4.52. The van der Waals surface area contributed by atoms with Crippen LogP contribution in [0.15, 0.2) is 47.0 Å². The minimum atomic E-state index is -0.865. The molecule has 30 heavy (non-hydrogen) atoms. The van der Waals surface area contributed by atoms with Gasteiger partial charge < -0.3 is 14.6 Å². The first-order valence-corrected chi connectivity index (χ1v) is 9.73. The van der Waals surface area contributed by atoms with E-state index in [1.165, 1.54) is 6.07 Å². The van der Waals surface area contributed by atoms with Crippen LogP contribution in [0.1, 0.15) is 47.9 Å². The number of aromatic nitrogens is 2. The van der Waals surface area contributed by atoms with Gasteiger partial charge in [-0.15, -0.1) is 0 Å². The van der Waals surface area contributed by atoms with E-state index < -0.39 is 11.6 Å². The summed E-state index contributed by atoms with van der Waals surface area (Å²) in [7, 11) is 0. The van der Waals surface area contributed by atoms with Crippen molar-refractivity contribution < 1.29 is 22.8 Å². The molecule has 1 atom stereocenters. The topological polar surface area (TPSA) is 77.2 Å². The molecule has 8 heteroatoms. The zero-order valence-electron chi connectivity index (χ0n) is 16.8. The number of benzene rings is 2. The van der Waals surface area contributed by atoms with Gasteiger partial charge in [-0.25, -0.2) is 8.78 Å². The Kier molecular flexibility index (Phi) is 7.11. The van der Waals surface area contributed by atoms with E-state index in [4.69, 9.17) is 9.26 Å². The van der Waals surface area contributed by atoms with Crippen molar-refractivity contribution in [1.29, 1.82) is 0 Å². The van der Waals surface area contributed by atoms with Gasteiger partial charge in [-0.1, -0.05) is 18.1 Å². The number of ether oxygens (including phenoxy) is 1. The van der Waals surface area contributed by atoms with Gasteiger partial charge in [0, 0.05) is 18.0 Å². The van der Waals surface area contributed by atoms with E-state index >= 15 is 0 Å². The lowest BCUT2D eigenvalue weighted by molar-refractivity contribution is 0.0938. The fourth-order valence-electron chi connectivity index (χ4n) is 2.80. The van der Waals surface area contributed by atoms with Crippen molar-refractivity contribution in [2.45, 2.75) is 45.8 Å². The van der Waals surface area contributed by atoms with Gasteiger partial charge in [-0.3, -0.25) is 4.79 Å². The van der Waals surface area contributed by atoms with Gasteiger partial charge in [0.05, 0.1) is 0 Å². The second-order valence-corrected chi connectivity index (χ2v) is 6.93. The second-order valence-electron chi connectivity index (χ2n) is 6.93. The van der Waals surface area contributed by atoms with E-state index in [0.717, 1.165) is 6.07 Å². The van der Waals surface area contributed by atoms with Crippen LogP contribution in [0, 0.1) is 11.6 Å². The molecule has 1 aromatic heterocycles. The van der Waals surface area contributed by atoms with Crippen molar-refractivity contribution in [3.05, 3.63) is 76.9 Å². The maximum Gasteiger partial charge on any atom is 0.251 e. The van der Waals surface area contributed by atoms with E-state index in [9.17, 15) is 13.6 Å². The van der Waals surface area contributed by atoms with Crippen molar-refractivity contribution in [2.75, 3.05) is 0 Å². The van der Waals surface area contributed by atoms with Gasteiger partial charge in [-0.2, -0.15) is 4.98 Å². The standard InChI is InChI=1S/C22H23F2N3O3/c1-3-21-26-20(27-30-21)13-29-17-9-7-16(8-10-17)22(28)25-14(2)4-5-15-6-11-18(23)19(24)12-15/h6-12,14H,3-5,13H2,1-2H3,(H,25,28). The summed E-state index contributed by atoms with van der Waals surface area (Å²) in [5, 5.41) is 6.71. The number of rotatable bonds is 9. The molecular weight excluding hydrogens is 392 g/mol. The maximum absolute atomic E-state index is 13.3. The number of nitrogens with zero attached hydrogens (tertiary/aromatic N) is 2. The Morgan fingerprint density at radius 3 is 2.60 bits per heavy atom. The third kappa shape index (κ3) is 5.85. The first-order chi connectivity index (χ1) is 14.4. The molecule has 1 amide bonds. The van der Waals surface area contributed by atoms with Crippen molar-refractivity contribution in [3.8, 4) is 5.75 Å². The molecule has 2 aromatic carbocycles. The van der Waals surface area contributed by atoms with E-state index in [-0.39, 0.29) is 18.6 Å². The van der Waals surface area contributed by atoms with Crippen LogP contribution < -0.4 is 10.1 Å². The second kappa shape index (κ2) is 9.96. The van der Waals surface area contributed by atoms with E-state index in [1.54, 1.807) is 30.3 Å². The molecule has 6 nitrogen and oxygen atoms in total. The molecule has 0 saturated carbocycles. The number of halogens is 2. The van der Waals surface area contributed by atoms with Gasteiger partial charge in [0.1, 0.15) is 5.75 Å². The lowest BCUT2D eigenvalue weighted by atomic mass is 10.1. The summed E-state index contributed by atoms with van der Waals surface area (Å²) in [6.07, 6.45) is 1.79. The van der Waals surface area contributed by atoms with Crippen LogP contribution in [0.25, 0.3) is 0 Å². The summed E-state index contributed by atoms with van der Waals surface area (Å²) < 4.78 is 36.9. The number of carbonyl (C=O) groups excluding carboxylic acids is 1. The van der Waals surface area contributed by atoms with E-state index in [1.807, 2.05) is 13.8 Å². The molecule has 1 heterocycles. The largest absolute Gasteiger partial charge is 0.485 e. The van der Waals surface area contributed by atoms with Crippen LogP contribution in [0.3, 0.4) is 0 Å². The van der Waals surface area contributed by atoms with Crippen molar-refractivity contribution in [2.24, 2.45) is 0 Å². The molecular formula is C22H23F2N3O3. The Balaban J connectivity index is 1.46. The summed E-state index contributed by atoms with van der Waals surface area (Å²) >= 11 is 0. The molecule has 0 aliphatic heterocycles. The van der Waals surface area contributed by atoms with Crippen molar-refractivity contribution in [1.82, 2.24) is 15.5 Å². The molecule has 0 radical (unpaired) electrons. The third-order valence-corrected chi connectivity index (χ3v) is 4.52. The van der Waals surface area contributed by atoms with Gasteiger partial charge in [0.25, 0.3) is 5.91 Å². The smallest absolute Gasteiger partial charge is 0.251 e. The van der Waals surface area contributed by atoms with Crippen LogP contribution in [0.2, 0.25) is 0 Å². The van der Waals surface area contributed by atoms with Crippen molar-refractivity contribution >= 4 is 5.91 Å². The molecule has 0 spiro atoms. The van der Waals surface area contributed by atoms with Gasteiger partial charge in [-0.05, 0) is 61.7 Å². The average molecular weight is 415 g/mol. The van der Waals surface area contributed by atoms with Crippen LogP contribution >= 0.6 is 0 Å². The summed E-state index contributed by atoms with van der Waals surface area (Å²) in [5.74, 6) is -0.346. The summed E-state index contributed by atoms with van der Waals surface area (Å²) in [6, 6.07) is 10.4. The SMILES string of the molecule is CCc1nc(COc2ccc(C(=O)NC(C)CCc3ccc(F)c(F)c3)cc2)no1. The monoisotopic (exact) mass is 415 g/mol. The van der Waals surface area contributed by atoms with Crippen molar-refractivity contribution in [3.63, 3.8) is 0 Å². The molecule has 158 valence electrons. The quantitative estimate of drug-likeness (QED) is 0.566. The highest BCUT2D eigenvalue weighted by atomic mass is 19.2. The molecule has 0 aliphatic rings. The van der Waals surface area contributed by atoms with Crippen LogP contribution in [-0.2, 0) is 19.4 Å².